The van der Waals surface area contributed by atoms with Crippen LogP contribution < -0.4 is 14.2 Å². The van der Waals surface area contributed by atoms with Crippen molar-refractivity contribution < 1.29 is 33.2 Å². The van der Waals surface area contributed by atoms with E-state index in [0.717, 1.165) is 63.4 Å². The minimum Gasteiger partial charge on any atom is -0.465 e. The summed E-state index contributed by atoms with van der Waals surface area (Å²) in [5, 5.41) is 0. The van der Waals surface area contributed by atoms with E-state index in [0.29, 0.717) is 42.6 Å². The van der Waals surface area contributed by atoms with Gasteiger partial charge >= 0.3 is 0 Å². The Hall–Kier alpha value is -2.87. The molecule has 0 amide bonds. The van der Waals surface area contributed by atoms with Crippen molar-refractivity contribution in [3.05, 3.63) is 59.7 Å². The van der Waals surface area contributed by atoms with Crippen molar-refractivity contribution in [3.63, 3.8) is 0 Å². The first-order chi connectivity index (χ1) is 18.2. The molecule has 37 heavy (non-hydrogen) atoms. The molecule has 2 aromatic rings. The lowest BCUT2D eigenvalue weighted by atomic mass is 10.1. The van der Waals surface area contributed by atoms with Gasteiger partial charge < -0.3 is 28.4 Å². The van der Waals surface area contributed by atoms with Gasteiger partial charge in [0.15, 0.2) is 36.2 Å². The topological polar surface area (TPSA) is 72.5 Å². The fourth-order valence-corrected chi connectivity index (χ4v) is 4.66. The number of hydrogen-bond acceptors (Lipinski definition) is 7. The summed E-state index contributed by atoms with van der Waals surface area (Å²) >= 11 is 0. The maximum atomic E-state index is 12.9. The monoisotopic (exact) mass is 508 g/mol. The Balaban J connectivity index is 1.27. The predicted octanol–water partition coefficient (Wildman–Crippen LogP) is 6.30. The van der Waals surface area contributed by atoms with Gasteiger partial charge in [-0.25, -0.2) is 0 Å². The van der Waals surface area contributed by atoms with Crippen LogP contribution in [-0.2, 0) is 14.2 Å². The lowest BCUT2D eigenvalue weighted by Crippen LogP contribution is -2.27. The summed E-state index contributed by atoms with van der Waals surface area (Å²) in [6.07, 6.45) is 11.5. The SMILES string of the molecule is O=C(C=Cc1ccc(OC2CCCCO2)c(OC2CCCCO2)c1)c1cccc(OC2CCCCO2)c1. The molecule has 0 radical (unpaired) electrons. The Morgan fingerprint density at radius 2 is 1.32 bits per heavy atom. The smallest absolute Gasteiger partial charge is 0.200 e. The van der Waals surface area contributed by atoms with Crippen LogP contribution in [0.15, 0.2) is 48.5 Å². The average molecular weight is 509 g/mol. The molecular formula is C30H36O7. The van der Waals surface area contributed by atoms with Crippen LogP contribution in [0.3, 0.4) is 0 Å². The molecule has 3 fully saturated rings. The summed E-state index contributed by atoms with van der Waals surface area (Å²) in [4.78, 5) is 12.9. The van der Waals surface area contributed by atoms with Gasteiger partial charge in [0.05, 0.1) is 19.8 Å². The molecule has 5 rings (SSSR count). The lowest BCUT2D eigenvalue weighted by molar-refractivity contribution is -0.119. The number of rotatable bonds is 9. The van der Waals surface area contributed by atoms with E-state index in [4.69, 9.17) is 28.4 Å². The van der Waals surface area contributed by atoms with E-state index in [-0.39, 0.29) is 24.7 Å². The first-order valence-corrected chi connectivity index (χ1v) is 13.5. The Labute approximate surface area is 218 Å². The highest BCUT2D eigenvalue weighted by atomic mass is 16.7. The lowest BCUT2D eigenvalue weighted by Gasteiger charge is -2.27. The molecule has 0 N–H and O–H groups in total. The molecule has 3 saturated heterocycles. The Kier molecular flexibility index (Phi) is 9.11. The molecule has 198 valence electrons. The summed E-state index contributed by atoms with van der Waals surface area (Å²) in [6, 6.07) is 12.9. The van der Waals surface area contributed by atoms with E-state index < -0.39 is 0 Å². The zero-order valence-corrected chi connectivity index (χ0v) is 21.3. The van der Waals surface area contributed by atoms with E-state index in [1.807, 2.05) is 30.3 Å². The van der Waals surface area contributed by atoms with Gasteiger partial charge in [0.2, 0.25) is 0 Å². The molecule has 3 aliphatic rings. The average Bonchev–Trinajstić information content (AvgIpc) is 2.95. The highest BCUT2D eigenvalue weighted by Crippen LogP contribution is 2.33. The molecule has 0 aliphatic carbocycles. The molecule has 2 aromatic carbocycles. The summed E-state index contributed by atoms with van der Waals surface area (Å²) in [6.45, 7) is 2.11. The zero-order chi connectivity index (χ0) is 25.3. The summed E-state index contributed by atoms with van der Waals surface area (Å²) in [5.74, 6) is 1.75. The fraction of sp³-hybridized carbons (Fsp3) is 0.500. The van der Waals surface area contributed by atoms with Crippen LogP contribution in [0.5, 0.6) is 17.2 Å². The van der Waals surface area contributed by atoms with Crippen LogP contribution in [0.4, 0.5) is 0 Å². The number of ketones is 1. The number of ether oxygens (including phenoxy) is 6. The van der Waals surface area contributed by atoms with Crippen LogP contribution in [0, 0.1) is 0 Å². The third-order valence-corrected chi connectivity index (χ3v) is 6.71. The normalized spacial score (nSPS) is 24.5. The van der Waals surface area contributed by atoms with Gasteiger partial charge in [0, 0.05) is 24.8 Å². The van der Waals surface area contributed by atoms with Gasteiger partial charge in [-0.2, -0.15) is 0 Å². The van der Waals surface area contributed by atoms with Crippen molar-refractivity contribution in [3.8, 4) is 17.2 Å². The van der Waals surface area contributed by atoms with Crippen molar-refractivity contribution in [2.75, 3.05) is 19.8 Å². The third kappa shape index (κ3) is 7.57. The standard InChI is InChI=1S/C30H36O7/c31-25(23-8-7-9-24(21-23)35-28-10-1-4-17-32-28)15-13-22-14-16-26(36-29-11-2-5-18-33-29)27(20-22)37-30-12-3-6-19-34-30/h7-9,13-16,20-21,28-30H,1-6,10-12,17-19H2. The van der Waals surface area contributed by atoms with Crippen LogP contribution >= 0.6 is 0 Å². The maximum absolute atomic E-state index is 12.9. The molecule has 0 spiro atoms. The minimum absolute atomic E-state index is 0.107. The molecule has 3 aliphatic heterocycles. The van der Waals surface area contributed by atoms with Gasteiger partial charge in [-0.15, -0.1) is 0 Å². The van der Waals surface area contributed by atoms with E-state index in [9.17, 15) is 4.79 Å². The number of carbonyl (C=O) groups is 1. The van der Waals surface area contributed by atoms with Crippen LogP contribution in [0.25, 0.3) is 6.08 Å². The summed E-state index contributed by atoms with van der Waals surface area (Å²) < 4.78 is 35.4. The predicted molar refractivity (Wildman–Crippen MR) is 139 cm³/mol. The number of allylic oxidation sites excluding steroid dienone is 1. The summed E-state index contributed by atoms with van der Waals surface area (Å²) in [5.41, 5.74) is 1.39. The van der Waals surface area contributed by atoms with E-state index >= 15 is 0 Å². The molecule has 0 bridgehead atoms. The second-order valence-corrected chi connectivity index (χ2v) is 9.67. The molecule has 7 heteroatoms. The Bertz CT molecular complexity index is 1050. The van der Waals surface area contributed by atoms with E-state index in [2.05, 4.69) is 0 Å². The number of carbonyl (C=O) groups excluding carboxylic acids is 1. The quantitative estimate of drug-likeness (QED) is 0.291. The maximum Gasteiger partial charge on any atom is 0.200 e. The Morgan fingerprint density at radius 3 is 1.95 bits per heavy atom. The van der Waals surface area contributed by atoms with Crippen molar-refractivity contribution in [2.24, 2.45) is 0 Å². The van der Waals surface area contributed by atoms with Gasteiger partial charge in [0.1, 0.15) is 5.75 Å². The second kappa shape index (κ2) is 13.1. The van der Waals surface area contributed by atoms with Crippen molar-refractivity contribution in [1.29, 1.82) is 0 Å². The summed E-state index contributed by atoms with van der Waals surface area (Å²) in [7, 11) is 0. The molecule has 3 unspecified atom stereocenters. The minimum atomic E-state index is -0.305. The molecule has 0 aromatic heterocycles. The van der Waals surface area contributed by atoms with Gasteiger partial charge in [-0.3, -0.25) is 4.79 Å². The van der Waals surface area contributed by atoms with Gasteiger partial charge in [-0.05, 0) is 74.4 Å². The van der Waals surface area contributed by atoms with Crippen molar-refractivity contribution >= 4 is 11.9 Å². The highest BCUT2D eigenvalue weighted by molar-refractivity contribution is 6.07. The van der Waals surface area contributed by atoms with Crippen LogP contribution in [-0.4, -0.2) is 44.5 Å². The molecule has 0 saturated carbocycles. The van der Waals surface area contributed by atoms with E-state index in [1.54, 1.807) is 24.3 Å². The molecular weight excluding hydrogens is 472 g/mol. The van der Waals surface area contributed by atoms with Crippen LogP contribution in [0.2, 0.25) is 0 Å². The highest BCUT2D eigenvalue weighted by Gasteiger charge is 2.21. The Morgan fingerprint density at radius 1 is 0.703 bits per heavy atom. The second-order valence-electron chi connectivity index (χ2n) is 9.67. The molecule has 3 atom stereocenters. The first-order valence-electron chi connectivity index (χ1n) is 13.5. The van der Waals surface area contributed by atoms with Crippen molar-refractivity contribution in [2.45, 2.75) is 76.7 Å². The number of hydrogen-bond donors (Lipinski definition) is 0. The third-order valence-electron chi connectivity index (χ3n) is 6.71. The largest absolute Gasteiger partial charge is 0.465 e. The van der Waals surface area contributed by atoms with Crippen molar-refractivity contribution in [1.82, 2.24) is 0 Å². The van der Waals surface area contributed by atoms with E-state index in [1.165, 1.54) is 0 Å². The number of benzene rings is 2. The molecule has 3 heterocycles. The fourth-order valence-electron chi connectivity index (χ4n) is 4.66. The zero-order valence-electron chi connectivity index (χ0n) is 21.3. The van der Waals surface area contributed by atoms with Crippen LogP contribution in [0.1, 0.15) is 73.7 Å². The first kappa shape index (κ1) is 25.8. The van der Waals surface area contributed by atoms with Gasteiger partial charge in [-0.1, -0.05) is 24.3 Å². The van der Waals surface area contributed by atoms with Gasteiger partial charge in [0.25, 0.3) is 0 Å². The molecule has 7 nitrogen and oxygen atoms in total.